The number of carbonyl (C=O) groups is 1. The normalized spacial score (nSPS) is 11.6. The van der Waals surface area contributed by atoms with Crippen molar-refractivity contribution in [1.82, 2.24) is 0 Å². The van der Waals surface area contributed by atoms with E-state index in [2.05, 4.69) is 26.0 Å². The minimum atomic E-state index is 0.0219. The Hall–Kier alpha value is -0.790. The number of unbranched alkanes of at least 4 members (excludes halogenated alkanes) is 28. The van der Waals surface area contributed by atoms with E-state index in [1.54, 1.807) is 0 Å². The van der Waals surface area contributed by atoms with Crippen LogP contribution in [0.25, 0.3) is 0 Å². The van der Waals surface area contributed by atoms with Crippen LogP contribution in [-0.2, 0) is 9.53 Å². The molecule has 0 heterocycles. The number of allylic oxidation sites excluding steroid dienone is 2. The molecule has 0 unspecified atom stereocenters. The Morgan fingerprint density at radius 1 is 0.400 bits per heavy atom. The molecule has 0 fully saturated rings. The smallest absolute Gasteiger partial charge is 0.305 e. The third-order valence-corrected chi connectivity index (χ3v) is 8.40. The molecule has 0 bridgehead atoms. The van der Waals surface area contributed by atoms with E-state index < -0.39 is 0 Å². The first-order valence-corrected chi connectivity index (χ1v) is 18.6. The lowest BCUT2D eigenvalue weighted by Gasteiger charge is -2.06. The molecule has 2 heteroatoms. The SMILES string of the molecule is CCCCCCCC/C=C\CCCCCCCCCC(=O)OCCCCCCCCCCCCCCCCCC. The second kappa shape index (κ2) is 36.2. The summed E-state index contributed by atoms with van der Waals surface area (Å²) in [6.07, 6.45) is 47.1. The summed E-state index contributed by atoms with van der Waals surface area (Å²) in [5, 5.41) is 0. The van der Waals surface area contributed by atoms with Gasteiger partial charge in [-0.1, -0.05) is 187 Å². The van der Waals surface area contributed by atoms with Crippen LogP contribution >= 0.6 is 0 Å². The van der Waals surface area contributed by atoms with Gasteiger partial charge in [-0.25, -0.2) is 0 Å². The molecule has 40 heavy (non-hydrogen) atoms. The van der Waals surface area contributed by atoms with Crippen molar-refractivity contribution in [2.24, 2.45) is 0 Å². The zero-order valence-corrected chi connectivity index (χ0v) is 27.8. The molecule has 0 atom stereocenters. The monoisotopic (exact) mass is 563 g/mol. The highest BCUT2D eigenvalue weighted by molar-refractivity contribution is 5.69. The van der Waals surface area contributed by atoms with Gasteiger partial charge in [0.05, 0.1) is 6.61 Å². The molecule has 0 aromatic rings. The number of ether oxygens (including phenoxy) is 1. The molecule has 0 amide bonds. The summed E-state index contributed by atoms with van der Waals surface area (Å²) in [5.41, 5.74) is 0. The van der Waals surface area contributed by atoms with E-state index in [0.717, 1.165) is 12.8 Å². The number of rotatable bonds is 34. The van der Waals surface area contributed by atoms with Crippen molar-refractivity contribution in [2.75, 3.05) is 6.61 Å². The van der Waals surface area contributed by atoms with Crippen molar-refractivity contribution in [3.05, 3.63) is 12.2 Å². The van der Waals surface area contributed by atoms with E-state index in [1.165, 1.54) is 186 Å². The van der Waals surface area contributed by atoms with Gasteiger partial charge in [0.2, 0.25) is 0 Å². The van der Waals surface area contributed by atoms with Crippen molar-refractivity contribution in [2.45, 2.75) is 219 Å². The van der Waals surface area contributed by atoms with Gasteiger partial charge in [-0.3, -0.25) is 4.79 Å². The van der Waals surface area contributed by atoms with Crippen LogP contribution in [0.1, 0.15) is 219 Å². The molecule has 0 aliphatic heterocycles. The van der Waals surface area contributed by atoms with Crippen LogP contribution < -0.4 is 0 Å². The van der Waals surface area contributed by atoms with Gasteiger partial charge >= 0.3 is 5.97 Å². The number of hydrogen-bond donors (Lipinski definition) is 0. The van der Waals surface area contributed by atoms with E-state index in [-0.39, 0.29) is 5.97 Å². The summed E-state index contributed by atoms with van der Waals surface area (Å²) in [6.45, 7) is 5.20. The standard InChI is InChI=1S/C38H74O2/c1-3-5-7-9-11-13-15-17-19-21-22-24-26-28-30-32-34-36-38(39)40-37-35-33-31-29-27-25-23-20-18-16-14-12-10-8-6-4-2/h17,19H,3-16,18,20-37H2,1-2H3/b19-17-. The lowest BCUT2D eigenvalue weighted by molar-refractivity contribution is -0.143. The summed E-state index contributed by atoms with van der Waals surface area (Å²) < 4.78 is 5.44. The highest BCUT2D eigenvalue weighted by Gasteiger charge is 2.02. The fourth-order valence-electron chi connectivity index (χ4n) is 5.60. The first-order valence-electron chi connectivity index (χ1n) is 18.6. The average molecular weight is 563 g/mol. The number of esters is 1. The molecular weight excluding hydrogens is 488 g/mol. The van der Waals surface area contributed by atoms with Gasteiger partial charge in [-0.2, -0.15) is 0 Å². The molecule has 0 saturated carbocycles. The van der Waals surface area contributed by atoms with Crippen molar-refractivity contribution in [3.8, 4) is 0 Å². The van der Waals surface area contributed by atoms with E-state index >= 15 is 0 Å². The molecular formula is C38H74O2. The maximum atomic E-state index is 11.9. The zero-order valence-electron chi connectivity index (χ0n) is 27.8. The summed E-state index contributed by atoms with van der Waals surface area (Å²) in [4.78, 5) is 11.9. The molecule has 0 aliphatic rings. The third-order valence-electron chi connectivity index (χ3n) is 8.40. The second-order valence-electron chi connectivity index (χ2n) is 12.6. The van der Waals surface area contributed by atoms with Gasteiger partial charge in [0.15, 0.2) is 0 Å². The maximum Gasteiger partial charge on any atom is 0.305 e. The quantitative estimate of drug-likeness (QED) is 0.0443. The number of carbonyl (C=O) groups excluding carboxylic acids is 1. The largest absolute Gasteiger partial charge is 0.466 e. The van der Waals surface area contributed by atoms with Crippen LogP contribution in [0.4, 0.5) is 0 Å². The Kier molecular flexibility index (Phi) is 35.5. The Morgan fingerprint density at radius 2 is 0.700 bits per heavy atom. The van der Waals surface area contributed by atoms with Crippen LogP contribution in [0, 0.1) is 0 Å². The predicted octanol–water partition coefficient (Wildman–Crippen LogP) is 13.6. The third kappa shape index (κ3) is 35.2. The van der Waals surface area contributed by atoms with Crippen LogP contribution in [0.3, 0.4) is 0 Å². The summed E-state index contributed by atoms with van der Waals surface area (Å²) >= 11 is 0. The lowest BCUT2D eigenvalue weighted by atomic mass is 10.0. The Bertz CT molecular complexity index is 498. The molecule has 0 aliphatic carbocycles. The minimum absolute atomic E-state index is 0.0219. The Labute approximate surface area is 253 Å². The minimum Gasteiger partial charge on any atom is -0.466 e. The molecule has 0 aromatic heterocycles. The molecule has 0 spiro atoms. The van der Waals surface area contributed by atoms with Crippen LogP contribution in [0.15, 0.2) is 12.2 Å². The van der Waals surface area contributed by atoms with Crippen LogP contribution in [-0.4, -0.2) is 12.6 Å². The molecule has 0 radical (unpaired) electrons. The van der Waals surface area contributed by atoms with Gasteiger partial charge in [0.25, 0.3) is 0 Å². The first kappa shape index (κ1) is 39.2. The fourth-order valence-corrected chi connectivity index (χ4v) is 5.60. The fraction of sp³-hybridized carbons (Fsp3) is 0.921. The topological polar surface area (TPSA) is 26.3 Å². The van der Waals surface area contributed by atoms with Crippen LogP contribution in [0.2, 0.25) is 0 Å². The highest BCUT2D eigenvalue weighted by Crippen LogP contribution is 2.14. The summed E-state index contributed by atoms with van der Waals surface area (Å²) in [5.74, 6) is 0.0219. The van der Waals surface area contributed by atoms with Crippen molar-refractivity contribution in [3.63, 3.8) is 0 Å². The maximum absolute atomic E-state index is 11.9. The molecule has 0 N–H and O–H groups in total. The van der Waals surface area contributed by atoms with Gasteiger partial charge in [-0.15, -0.1) is 0 Å². The predicted molar refractivity (Wildman–Crippen MR) is 179 cm³/mol. The summed E-state index contributed by atoms with van der Waals surface area (Å²) in [7, 11) is 0. The molecule has 2 nitrogen and oxygen atoms in total. The molecule has 0 saturated heterocycles. The van der Waals surface area contributed by atoms with E-state index in [4.69, 9.17) is 4.74 Å². The number of hydrogen-bond acceptors (Lipinski definition) is 2. The molecule has 238 valence electrons. The Balaban J connectivity index is 3.18. The lowest BCUT2D eigenvalue weighted by Crippen LogP contribution is -2.05. The average Bonchev–Trinajstić information content (AvgIpc) is 2.96. The van der Waals surface area contributed by atoms with Gasteiger partial charge < -0.3 is 4.74 Å². The first-order chi connectivity index (χ1) is 19.8. The highest BCUT2D eigenvalue weighted by atomic mass is 16.5. The van der Waals surface area contributed by atoms with Crippen LogP contribution in [0.5, 0.6) is 0 Å². The van der Waals surface area contributed by atoms with E-state index in [0.29, 0.717) is 13.0 Å². The van der Waals surface area contributed by atoms with E-state index in [1.807, 2.05) is 0 Å². The second-order valence-corrected chi connectivity index (χ2v) is 12.6. The van der Waals surface area contributed by atoms with Gasteiger partial charge in [0, 0.05) is 6.42 Å². The Morgan fingerprint density at radius 3 is 1.07 bits per heavy atom. The van der Waals surface area contributed by atoms with Crippen molar-refractivity contribution < 1.29 is 9.53 Å². The van der Waals surface area contributed by atoms with Gasteiger partial charge in [-0.05, 0) is 38.5 Å². The van der Waals surface area contributed by atoms with Crippen molar-refractivity contribution >= 4 is 5.97 Å². The molecule has 0 aromatic carbocycles. The van der Waals surface area contributed by atoms with Crippen molar-refractivity contribution in [1.29, 1.82) is 0 Å². The molecule has 0 rings (SSSR count). The van der Waals surface area contributed by atoms with Gasteiger partial charge in [0.1, 0.15) is 0 Å². The zero-order chi connectivity index (χ0) is 29.0. The van der Waals surface area contributed by atoms with E-state index in [9.17, 15) is 4.79 Å². The summed E-state index contributed by atoms with van der Waals surface area (Å²) in [6, 6.07) is 0.